The van der Waals surface area contributed by atoms with E-state index in [4.69, 9.17) is 9.47 Å². The highest BCUT2D eigenvalue weighted by molar-refractivity contribution is 9.10. The van der Waals surface area contributed by atoms with E-state index in [9.17, 15) is 18.0 Å². The van der Waals surface area contributed by atoms with Gasteiger partial charge in [0.15, 0.2) is 11.5 Å². The zero-order chi connectivity index (χ0) is 34.8. The van der Waals surface area contributed by atoms with Crippen LogP contribution >= 0.6 is 15.9 Å². The second-order valence-corrected chi connectivity index (χ2v) is 14.6. The molecule has 2 amide bonds. The lowest BCUT2D eigenvalue weighted by Gasteiger charge is -2.34. The molecule has 0 aliphatic rings. The molecular weight excluding hydrogens is 694 g/mol. The number of hydrogen-bond acceptors (Lipinski definition) is 6. The van der Waals surface area contributed by atoms with Gasteiger partial charge in [0.25, 0.3) is 10.0 Å². The molecular formula is C37H42BrN3O6S. The van der Waals surface area contributed by atoms with Gasteiger partial charge in [-0.15, -0.1) is 0 Å². The third-order valence-corrected chi connectivity index (χ3v) is 10.1. The first-order valence-electron chi connectivity index (χ1n) is 15.6. The number of nitrogens with one attached hydrogen (secondary N) is 1. The topological polar surface area (TPSA) is 105 Å². The molecule has 0 aliphatic heterocycles. The molecule has 0 spiro atoms. The summed E-state index contributed by atoms with van der Waals surface area (Å²) in [5, 5.41) is 3.00. The van der Waals surface area contributed by atoms with Gasteiger partial charge in [0, 0.05) is 30.0 Å². The van der Waals surface area contributed by atoms with Crippen molar-refractivity contribution >= 4 is 43.5 Å². The van der Waals surface area contributed by atoms with Crippen LogP contribution in [0.15, 0.2) is 106 Å². The molecule has 254 valence electrons. The number of anilines is 1. The number of nitrogens with zero attached hydrogens (tertiary/aromatic N) is 2. The molecule has 0 aromatic heterocycles. The van der Waals surface area contributed by atoms with Crippen LogP contribution in [0.25, 0.3) is 0 Å². The molecule has 1 N–H and O–H groups in total. The molecule has 0 saturated heterocycles. The zero-order valence-corrected chi connectivity index (χ0v) is 30.3. The predicted octanol–water partition coefficient (Wildman–Crippen LogP) is 6.38. The maximum Gasteiger partial charge on any atom is 0.264 e. The third-order valence-electron chi connectivity index (χ3n) is 7.76. The average molecular weight is 737 g/mol. The van der Waals surface area contributed by atoms with Crippen LogP contribution in [0.1, 0.15) is 30.5 Å². The molecule has 11 heteroatoms. The fraction of sp³-hybridized carbons (Fsp3) is 0.297. The lowest BCUT2D eigenvalue weighted by Crippen LogP contribution is -2.53. The molecule has 0 radical (unpaired) electrons. The average Bonchev–Trinajstić information content (AvgIpc) is 3.08. The maximum absolute atomic E-state index is 14.7. The number of methoxy groups -OCH3 is 2. The Morgan fingerprint density at radius 1 is 0.833 bits per heavy atom. The summed E-state index contributed by atoms with van der Waals surface area (Å²) >= 11 is 3.46. The van der Waals surface area contributed by atoms with Gasteiger partial charge in [-0.3, -0.25) is 13.9 Å². The highest BCUT2D eigenvalue weighted by atomic mass is 79.9. The Morgan fingerprint density at radius 3 is 2.08 bits per heavy atom. The third kappa shape index (κ3) is 9.38. The number of ether oxygens (including phenoxy) is 2. The Kier molecular flexibility index (Phi) is 12.7. The Morgan fingerprint density at radius 2 is 1.48 bits per heavy atom. The van der Waals surface area contributed by atoms with E-state index in [1.54, 1.807) is 24.3 Å². The summed E-state index contributed by atoms with van der Waals surface area (Å²) in [6.45, 7) is 5.77. The molecule has 4 rings (SSSR count). The summed E-state index contributed by atoms with van der Waals surface area (Å²) in [5.74, 6) is 0.0124. The van der Waals surface area contributed by atoms with Crippen molar-refractivity contribution in [2.45, 2.75) is 44.7 Å². The summed E-state index contributed by atoms with van der Waals surface area (Å²) < 4.78 is 41.4. The van der Waals surface area contributed by atoms with Gasteiger partial charge in [0.2, 0.25) is 11.8 Å². The van der Waals surface area contributed by atoms with Gasteiger partial charge in [-0.05, 0) is 60.4 Å². The van der Waals surface area contributed by atoms with Crippen LogP contribution in [0.3, 0.4) is 0 Å². The molecule has 0 heterocycles. The normalized spacial score (nSPS) is 11.9. The Balaban J connectivity index is 1.83. The van der Waals surface area contributed by atoms with Crippen molar-refractivity contribution in [3.63, 3.8) is 0 Å². The van der Waals surface area contributed by atoms with Crippen LogP contribution in [0.5, 0.6) is 11.5 Å². The number of sulfonamides is 1. The number of aryl methyl sites for hydroxylation is 1. The molecule has 48 heavy (non-hydrogen) atoms. The predicted molar refractivity (Wildman–Crippen MR) is 192 cm³/mol. The van der Waals surface area contributed by atoms with Crippen LogP contribution < -0.4 is 19.1 Å². The lowest BCUT2D eigenvalue weighted by molar-refractivity contribution is -0.140. The summed E-state index contributed by atoms with van der Waals surface area (Å²) in [5.41, 5.74) is 2.73. The summed E-state index contributed by atoms with van der Waals surface area (Å²) in [4.78, 5) is 30.1. The Hall–Kier alpha value is -4.35. The SMILES string of the molecule is COc1ccc(N(CC(=O)N(Cc2ccc(Br)cc2)C(Cc2ccccc2)C(=O)NCC(C)C)S(=O)(=O)c2ccc(C)cc2)cc1OC. The summed E-state index contributed by atoms with van der Waals surface area (Å²) in [7, 11) is -1.33. The highest BCUT2D eigenvalue weighted by Crippen LogP contribution is 2.34. The minimum atomic E-state index is -4.27. The van der Waals surface area contributed by atoms with E-state index in [1.807, 2.05) is 75.4 Å². The number of benzene rings is 4. The van der Waals surface area contributed by atoms with Crippen molar-refractivity contribution in [3.05, 3.63) is 118 Å². The minimum Gasteiger partial charge on any atom is -0.493 e. The Bertz CT molecular complexity index is 1780. The first-order chi connectivity index (χ1) is 22.9. The molecule has 1 unspecified atom stereocenters. The highest BCUT2D eigenvalue weighted by Gasteiger charge is 2.35. The van der Waals surface area contributed by atoms with E-state index in [0.29, 0.717) is 18.0 Å². The molecule has 4 aromatic rings. The van der Waals surface area contributed by atoms with Crippen molar-refractivity contribution in [1.29, 1.82) is 0 Å². The number of carbonyl (C=O) groups is 2. The number of rotatable bonds is 15. The second-order valence-electron chi connectivity index (χ2n) is 11.9. The van der Waals surface area contributed by atoms with Crippen LogP contribution in [0.4, 0.5) is 5.69 Å². The van der Waals surface area contributed by atoms with E-state index in [-0.39, 0.29) is 35.4 Å². The molecule has 9 nitrogen and oxygen atoms in total. The Labute approximate surface area is 292 Å². The van der Waals surface area contributed by atoms with Gasteiger partial charge >= 0.3 is 0 Å². The van der Waals surface area contributed by atoms with Gasteiger partial charge in [0.1, 0.15) is 12.6 Å². The van der Waals surface area contributed by atoms with Gasteiger partial charge in [-0.1, -0.05) is 89.9 Å². The van der Waals surface area contributed by atoms with Gasteiger partial charge in [0.05, 0.1) is 24.8 Å². The minimum absolute atomic E-state index is 0.0191. The van der Waals surface area contributed by atoms with Crippen molar-refractivity contribution < 1.29 is 27.5 Å². The van der Waals surface area contributed by atoms with Gasteiger partial charge in [-0.25, -0.2) is 8.42 Å². The van der Waals surface area contributed by atoms with Crippen molar-refractivity contribution in [3.8, 4) is 11.5 Å². The fourth-order valence-corrected chi connectivity index (χ4v) is 6.78. The molecule has 0 saturated carbocycles. The van der Waals surface area contributed by atoms with Crippen molar-refractivity contribution in [2.75, 3.05) is 31.6 Å². The van der Waals surface area contributed by atoms with E-state index in [0.717, 1.165) is 25.5 Å². The maximum atomic E-state index is 14.7. The zero-order valence-electron chi connectivity index (χ0n) is 27.9. The molecule has 0 aliphatic carbocycles. The molecule has 0 bridgehead atoms. The van der Waals surface area contributed by atoms with E-state index >= 15 is 0 Å². The van der Waals surface area contributed by atoms with E-state index in [1.165, 1.54) is 37.3 Å². The van der Waals surface area contributed by atoms with Crippen molar-refractivity contribution in [1.82, 2.24) is 10.2 Å². The standard InChI is InChI=1S/C37H42BrN3O6S/c1-26(2)23-39-37(43)33(21-28-9-7-6-8-10-28)40(24-29-13-15-30(38)16-14-29)36(42)25-41(31-17-20-34(46-4)35(22-31)47-5)48(44,45)32-18-11-27(3)12-19-32/h6-20,22,26,33H,21,23-25H2,1-5H3,(H,39,43). The largest absolute Gasteiger partial charge is 0.493 e. The monoisotopic (exact) mass is 735 g/mol. The van der Waals surface area contributed by atoms with Gasteiger partial charge < -0.3 is 19.7 Å². The smallest absolute Gasteiger partial charge is 0.264 e. The number of amides is 2. The number of hydrogen-bond donors (Lipinski definition) is 1. The lowest BCUT2D eigenvalue weighted by atomic mass is 10.0. The van der Waals surface area contributed by atoms with Crippen LogP contribution in [-0.4, -0.2) is 58.5 Å². The summed E-state index contributed by atoms with van der Waals surface area (Å²) in [6, 6.07) is 27.1. The first kappa shape index (κ1) is 36.5. The van der Waals surface area contributed by atoms with E-state index < -0.39 is 28.5 Å². The van der Waals surface area contributed by atoms with E-state index in [2.05, 4.69) is 21.2 Å². The quantitative estimate of drug-likeness (QED) is 0.152. The second kappa shape index (κ2) is 16.7. The van der Waals surface area contributed by atoms with Crippen LogP contribution in [-0.2, 0) is 32.6 Å². The molecule has 4 aromatic carbocycles. The number of carbonyl (C=O) groups excluding carboxylic acids is 2. The fourth-order valence-electron chi connectivity index (χ4n) is 5.11. The summed E-state index contributed by atoms with van der Waals surface area (Å²) in [6.07, 6.45) is 0.230. The van der Waals surface area contributed by atoms with Crippen LogP contribution in [0, 0.1) is 12.8 Å². The first-order valence-corrected chi connectivity index (χ1v) is 17.8. The van der Waals surface area contributed by atoms with Crippen molar-refractivity contribution in [2.24, 2.45) is 5.92 Å². The van der Waals surface area contributed by atoms with Crippen LogP contribution in [0.2, 0.25) is 0 Å². The molecule has 0 fully saturated rings. The number of halogens is 1. The van der Waals surface area contributed by atoms with Gasteiger partial charge in [-0.2, -0.15) is 0 Å². The molecule has 1 atom stereocenters.